The first kappa shape index (κ1) is 16.2. The highest BCUT2D eigenvalue weighted by Crippen LogP contribution is 2.39. The van der Waals surface area contributed by atoms with Gasteiger partial charge in [-0.15, -0.1) is 0 Å². The Morgan fingerprint density at radius 3 is 3.00 bits per heavy atom. The average molecular weight is 362 g/mol. The van der Waals surface area contributed by atoms with Gasteiger partial charge in [0, 0.05) is 49.8 Å². The van der Waals surface area contributed by atoms with Gasteiger partial charge in [0.25, 0.3) is 5.91 Å². The van der Waals surface area contributed by atoms with Gasteiger partial charge in [-0.3, -0.25) is 9.78 Å². The highest BCUT2D eigenvalue weighted by molar-refractivity contribution is 5.93. The maximum Gasteiger partial charge on any atom is 0.274 e. The van der Waals surface area contributed by atoms with E-state index in [4.69, 9.17) is 0 Å². The second kappa shape index (κ2) is 6.33. The number of anilines is 1. The van der Waals surface area contributed by atoms with Crippen LogP contribution in [0.3, 0.4) is 0 Å². The number of aromatic nitrogens is 4. The number of imidazole rings is 1. The SMILES string of the molecule is Cc1cccn2cc(C(=O)N3C[C@@H]4CC[C@@H](Nc5cnccn5)[C@@H]4C3)nc12. The Hall–Kier alpha value is -2.96. The van der Waals surface area contributed by atoms with Crippen molar-refractivity contribution < 1.29 is 4.79 Å². The van der Waals surface area contributed by atoms with Crippen molar-refractivity contribution in [3.63, 3.8) is 0 Å². The van der Waals surface area contributed by atoms with E-state index in [1.54, 1.807) is 18.6 Å². The van der Waals surface area contributed by atoms with E-state index in [1.165, 1.54) is 0 Å². The van der Waals surface area contributed by atoms with Crippen molar-refractivity contribution in [3.8, 4) is 0 Å². The number of likely N-dealkylation sites (tertiary alicyclic amines) is 1. The Morgan fingerprint density at radius 1 is 1.26 bits per heavy atom. The number of carbonyl (C=O) groups is 1. The minimum atomic E-state index is 0.0331. The third kappa shape index (κ3) is 2.83. The summed E-state index contributed by atoms with van der Waals surface area (Å²) >= 11 is 0. The summed E-state index contributed by atoms with van der Waals surface area (Å²) in [5.41, 5.74) is 2.45. The second-order valence-corrected chi connectivity index (χ2v) is 7.60. The van der Waals surface area contributed by atoms with Gasteiger partial charge in [-0.2, -0.15) is 0 Å². The van der Waals surface area contributed by atoms with Crippen LogP contribution in [-0.2, 0) is 0 Å². The van der Waals surface area contributed by atoms with Crippen molar-refractivity contribution in [1.29, 1.82) is 0 Å². The molecule has 138 valence electrons. The van der Waals surface area contributed by atoms with E-state index in [2.05, 4.69) is 20.3 Å². The predicted octanol–water partition coefficient (Wildman–Crippen LogP) is 2.40. The highest BCUT2D eigenvalue weighted by Gasteiger charge is 2.44. The standard InChI is InChI=1S/C20H22N6O/c1-13-3-2-8-25-12-17(24-19(13)25)20(27)26-10-14-4-5-16(15(14)11-26)23-18-9-21-6-7-22-18/h2-3,6-9,12,14-16H,4-5,10-11H2,1H3,(H,22,23)/t14-,15+,16+/m0/s1. The lowest BCUT2D eigenvalue weighted by atomic mass is 9.98. The molecule has 2 fully saturated rings. The first-order valence-electron chi connectivity index (χ1n) is 9.45. The van der Waals surface area contributed by atoms with Crippen LogP contribution in [0, 0.1) is 18.8 Å². The average Bonchev–Trinajstić information content (AvgIpc) is 3.38. The van der Waals surface area contributed by atoms with Crippen LogP contribution in [0.5, 0.6) is 0 Å². The van der Waals surface area contributed by atoms with Gasteiger partial charge in [0.1, 0.15) is 17.2 Å². The topological polar surface area (TPSA) is 75.4 Å². The zero-order chi connectivity index (χ0) is 18.4. The molecule has 1 aliphatic carbocycles. The number of fused-ring (bicyclic) bond motifs is 2. The predicted molar refractivity (Wildman–Crippen MR) is 101 cm³/mol. The summed E-state index contributed by atoms with van der Waals surface area (Å²) in [5.74, 6) is 1.84. The summed E-state index contributed by atoms with van der Waals surface area (Å²) in [6, 6.07) is 4.33. The Kier molecular flexibility index (Phi) is 3.81. The van der Waals surface area contributed by atoms with Gasteiger partial charge in [-0.05, 0) is 37.3 Å². The van der Waals surface area contributed by atoms with E-state index in [9.17, 15) is 4.79 Å². The summed E-state index contributed by atoms with van der Waals surface area (Å²) in [6.45, 7) is 3.60. The number of rotatable bonds is 3. The van der Waals surface area contributed by atoms with E-state index in [0.29, 0.717) is 23.6 Å². The second-order valence-electron chi connectivity index (χ2n) is 7.60. The highest BCUT2D eigenvalue weighted by atomic mass is 16.2. The number of amides is 1. The Labute approximate surface area is 157 Å². The molecular weight excluding hydrogens is 340 g/mol. The molecule has 1 aliphatic heterocycles. The third-order valence-electron chi connectivity index (χ3n) is 5.94. The number of pyridine rings is 1. The monoisotopic (exact) mass is 362 g/mol. The van der Waals surface area contributed by atoms with Crippen LogP contribution in [0.1, 0.15) is 28.9 Å². The van der Waals surface area contributed by atoms with E-state index in [0.717, 1.165) is 43.0 Å². The lowest BCUT2D eigenvalue weighted by Gasteiger charge is -2.21. The molecule has 1 saturated carbocycles. The molecule has 0 aromatic carbocycles. The Morgan fingerprint density at radius 2 is 2.19 bits per heavy atom. The minimum Gasteiger partial charge on any atom is -0.366 e. The van der Waals surface area contributed by atoms with E-state index in [-0.39, 0.29) is 5.91 Å². The summed E-state index contributed by atoms with van der Waals surface area (Å²) in [7, 11) is 0. The molecular formula is C20H22N6O. The lowest BCUT2D eigenvalue weighted by molar-refractivity contribution is 0.0775. The fourth-order valence-electron chi connectivity index (χ4n) is 4.59. The van der Waals surface area contributed by atoms with Crippen LogP contribution in [0.15, 0.2) is 43.1 Å². The molecule has 1 amide bonds. The smallest absolute Gasteiger partial charge is 0.274 e. The lowest BCUT2D eigenvalue weighted by Crippen LogP contribution is -2.33. The maximum absolute atomic E-state index is 13.0. The van der Waals surface area contributed by atoms with Gasteiger partial charge in [0.2, 0.25) is 0 Å². The normalized spacial score (nSPS) is 24.3. The molecule has 2 aliphatic rings. The van der Waals surface area contributed by atoms with E-state index in [1.807, 2.05) is 40.8 Å². The maximum atomic E-state index is 13.0. The molecule has 0 unspecified atom stereocenters. The number of hydrogen-bond donors (Lipinski definition) is 1. The summed E-state index contributed by atoms with van der Waals surface area (Å²) in [5, 5.41) is 3.51. The molecule has 0 bridgehead atoms. The van der Waals surface area contributed by atoms with Gasteiger partial charge >= 0.3 is 0 Å². The zero-order valence-corrected chi connectivity index (χ0v) is 15.2. The quantitative estimate of drug-likeness (QED) is 0.774. The molecule has 7 heteroatoms. The van der Waals surface area contributed by atoms with Crippen LogP contribution in [0.25, 0.3) is 5.65 Å². The van der Waals surface area contributed by atoms with Crippen LogP contribution in [0.2, 0.25) is 0 Å². The third-order valence-corrected chi connectivity index (χ3v) is 5.94. The fourth-order valence-corrected chi connectivity index (χ4v) is 4.59. The molecule has 7 nitrogen and oxygen atoms in total. The van der Waals surface area contributed by atoms with Crippen molar-refractivity contribution >= 4 is 17.4 Å². The molecule has 4 heterocycles. The van der Waals surface area contributed by atoms with Gasteiger partial charge in [-0.1, -0.05) is 6.07 Å². The van der Waals surface area contributed by atoms with Crippen LogP contribution >= 0.6 is 0 Å². The summed E-state index contributed by atoms with van der Waals surface area (Å²) in [4.78, 5) is 28.0. The van der Waals surface area contributed by atoms with Crippen LogP contribution < -0.4 is 5.32 Å². The van der Waals surface area contributed by atoms with Gasteiger partial charge in [0.15, 0.2) is 0 Å². The summed E-state index contributed by atoms with van der Waals surface area (Å²) < 4.78 is 1.93. The molecule has 3 aromatic rings. The Balaban J connectivity index is 1.32. The number of carbonyl (C=O) groups excluding carboxylic acids is 1. The molecule has 3 aromatic heterocycles. The number of aryl methyl sites for hydroxylation is 1. The van der Waals surface area contributed by atoms with Crippen molar-refractivity contribution in [2.24, 2.45) is 11.8 Å². The first-order valence-corrected chi connectivity index (χ1v) is 9.45. The van der Waals surface area contributed by atoms with Crippen molar-refractivity contribution in [2.45, 2.75) is 25.8 Å². The zero-order valence-electron chi connectivity index (χ0n) is 15.2. The van der Waals surface area contributed by atoms with E-state index >= 15 is 0 Å². The minimum absolute atomic E-state index is 0.0331. The van der Waals surface area contributed by atoms with E-state index < -0.39 is 0 Å². The van der Waals surface area contributed by atoms with Crippen molar-refractivity contribution in [1.82, 2.24) is 24.3 Å². The number of nitrogens with zero attached hydrogens (tertiary/aromatic N) is 5. The van der Waals surface area contributed by atoms with Crippen LogP contribution in [0.4, 0.5) is 5.82 Å². The van der Waals surface area contributed by atoms with Crippen LogP contribution in [-0.4, -0.2) is 49.3 Å². The van der Waals surface area contributed by atoms with Gasteiger partial charge in [0.05, 0.1) is 6.20 Å². The van der Waals surface area contributed by atoms with Crippen molar-refractivity contribution in [3.05, 3.63) is 54.4 Å². The molecule has 27 heavy (non-hydrogen) atoms. The van der Waals surface area contributed by atoms with Gasteiger partial charge in [-0.25, -0.2) is 9.97 Å². The molecule has 0 radical (unpaired) electrons. The summed E-state index contributed by atoms with van der Waals surface area (Å²) in [6.07, 6.45) is 11.2. The first-order chi connectivity index (χ1) is 13.2. The largest absolute Gasteiger partial charge is 0.366 e. The molecule has 1 N–H and O–H groups in total. The molecule has 3 atom stereocenters. The number of nitrogens with one attached hydrogen (secondary N) is 1. The molecule has 0 spiro atoms. The van der Waals surface area contributed by atoms with Gasteiger partial charge < -0.3 is 14.6 Å². The molecule has 5 rings (SSSR count). The molecule has 1 saturated heterocycles. The Bertz CT molecular complexity index is 985. The fraction of sp³-hybridized carbons (Fsp3) is 0.400. The number of hydrogen-bond acceptors (Lipinski definition) is 5. The van der Waals surface area contributed by atoms with Crippen molar-refractivity contribution in [2.75, 3.05) is 18.4 Å².